The van der Waals surface area contributed by atoms with E-state index >= 15 is 0 Å². The molecule has 0 aliphatic carbocycles. The summed E-state index contributed by atoms with van der Waals surface area (Å²) in [4.78, 5) is 0. The molecule has 0 aliphatic rings. The van der Waals surface area contributed by atoms with Gasteiger partial charge in [0.25, 0.3) is 0 Å². The van der Waals surface area contributed by atoms with Crippen molar-refractivity contribution in [2.24, 2.45) is 5.73 Å². The van der Waals surface area contributed by atoms with Gasteiger partial charge in [-0.05, 0) is 55.7 Å². The van der Waals surface area contributed by atoms with Crippen LogP contribution in [0.3, 0.4) is 0 Å². The molecule has 0 amide bonds. The lowest BCUT2D eigenvalue weighted by Crippen LogP contribution is -2.15. The summed E-state index contributed by atoms with van der Waals surface area (Å²) in [5.74, 6) is 0.969. The first-order valence-electron chi connectivity index (χ1n) is 7.44. The quantitative estimate of drug-likeness (QED) is 0.711. The van der Waals surface area contributed by atoms with Crippen molar-refractivity contribution in [3.63, 3.8) is 0 Å². The summed E-state index contributed by atoms with van der Waals surface area (Å²) in [6.07, 6.45) is 4.43. The summed E-state index contributed by atoms with van der Waals surface area (Å²) in [6, 6.07) is 8.83. The van der Waals surface area contributed by atoms with Gasteiger partial charge < -0.3 is 10.5 Å². The molecule has 1 aromatic rings. The summed E-state index contributed by atoms with van der Waals surface area (Å²) < 4.78 is 5.75. The molecule has 108 valence electrons. The molecule has 2 N–H and O–H groups in total. The minimum absolute atomic E-state index is 0.246. The van der Waals surface area contributed by atoms with Crippen LogP contribution in [0.15, 0.2) is 24.3 Å². The van der Waals surface area contributed by atoms with Crippen molar-refractivity contribution < 1.29 is 4.74 Å². The Bertz CT molecular complexity index is 354. The third kappa shape index (κ3) is 5.65. The fourth-order valence-electron chi connectivity index (χ4n) is 1.96. The van der Waals surface area contributed by atoms with E-state index < -0.39 is 0 Å². The lowest BCUT2D eigenvalue weighted by molar-refractivity contribution is 0.303. The van der Waals surface area contributed by atoms with Crippen molar-refractivity contribution in [1.82, 2.24) is 0 Å². The Morgan fingerprint density at radius 3 is 2.32 bits per heavy atom. The van der Waals surface area contributed by atoms with Gasteiger partial charge in [0.2, 0.25) is 0 Å². The summed E-state index contributed by atoms with van der Waals surface area (Å²) >= 11 is 0. The van der Waals surface area contributed by atoms with Crippen LogP contribution in [0.1, 0.15) is 58.9 Å². The number of nitrogens with two attached hydrogens (primary N) is 1. The van der Waals surface area contributed by atoms with E-state index in [-0.39, 0.29) is 5.41 Å². The van der Waals surface area contributed by atoms with Crippen LogP contribution in [0.4, 0.5) is 0 Å². The van der Waals surface area contributed by atoms with Gasteiger partial charge in [-0.3, -0.25) is 0 Å². The van der Waals surface area contributed by atoms with Gasteiger partial charge >= 0.3 is 0 Å². The molecular formula is C17H29NO. The van der Waals surface area contributed by atoms with E-state index in [0.717, 1.165) is 38.0 Å². The van der Waals surface area contributed by atoms with E-state index in [4.69, 9.17) is 10.5 Å². The Labute approximate surface area is 118 Å². The SMILES string of the molecule is CCC(C)(C)c1ccc(OCCCCC(C)N)cc1. The average molecular weight is 263 g/mol. The number of hydrogen-bond acceptors (Lipinski definition) is 2. The summed E-state index contributed by atoms with van der Waals surface area (Å²) in [5.41, 5.74) is 7.34. The van der Waals surface area contributed by atoms with Crippen molar-refractivity contribution in [3.8, 4) is 5.75 Å². The molecule has 0 saturated heterocycles. The van der Waals surface area contributed by atoms with Gasteiger partial charge in [-0.15, -0.1) is 0 Å². The standard InChI is InChI=1S/C17H29NO/c1-5-17(3,4)15-9-11-16(12-10-15)19-13-7-6-8-14(2)18/h9-12,14H,5-8,13,18H2,1-4H3. The van der Waals surface area contributed by atoms with E-state index in [1.165, 1.54) is 5.56 Å². The van der Waals surface area contributed by atoms with Gasteiger partial charge in [0.1, 0.15) is 5.75 Å². The Balaban J connectivity index is 2.37. The maximum atomic E-state index is 5.75. The van der Waals surface area contributed by atoms with Crippen LogP contribution in [-0.2, 0) is 5.41 Å². The predicted octanol–water partition coefficient (Wildman–Crippen LogP) is 4.27. The molecule has 19 heavy (non-hydrogen) atoms. The van der Waals surface area contributed by atoms with Gasteiger partial charge in [-0.2, -0.15) is 0 Å². The van der Waals surface area contributed by atoms with E-state index in [0.29, 0.717) is 6.04 Å². The first-order valence-corrected chi connectivity index (χ1v) is 7.44. The highest BCUT2D eigenvalue weighted by Gasteiger charge is 2.17. The number of rotatable bonds is 8. The summed E-state index contributed by atoms with van der Waals surface area (Å²) in [6.45, 7) is 9.61. The van der Waals surface area contributed by atoms with Gasteiger partial charge in [0.05, 0.1) is 6.61 Å². The fraction of sp³-hybridized carbons (Fsp3) is 0.647. The Hall–Kier alpha value is -1.02. The van der Waals surface area contributed by atoms with Crippen molar-refractivity contribution in [2.45, 2.75) is 64.8 Å². The first-order chi connectivity index (χ1) is 8.95. The third-order valence-corrected chi connectivity index (χ3v) is 3.84. The third-order valence-electron chi connectivity index (χ3n) is 3.84. The monoisotopic (exact) mass is 263 g/mol. The lowest BCUT2D eigenvalue weighted by atomic mass is 9.82. The predicted molar refractivity (Wildman–Crippen MR) is 82.8 cm³/mol. The van der Waals surface area contributed by atoms with Crippen molar-refractivity contribution in [2.75, 3.05) is 6.61 Å². The molecule has 0 radical (unpaired) electrons. The molecule has 2 heteroatoms. The molecule has 0 aliphatic heterocycles. The first kappa shape index (κ1) is 16.0. The van der Waals surface area contributed by atoms with Crippen molar-refractivity contribution in [3.05, 3.63) is 29.8 Å². The van der Waals surface area contributed by atoms with Crippen molar-refractivity contribution >= 4 is 0 Å². The molecule has 1 atom stereocenters. The van der Waals surface area contributed by atoms with E-state index in [2.05, 4.69) is 52.0 Å². The van der Waals surface area contributed by atoms with E-state index in [1.54, 1.807) is 0 Å². The molecule has 0 saturated carbocycles. The van der Waals surface area contributed by atoms with Gasteiger partial charge in [0, 0.05) is 6.04 Å². The maximum absolute atomic E-state index is 5.75. The number of unbranched alkanes of at least 4 members (excludes halogenated alkanes) is 1. The Kier molecular flexibility index (Phi) is 6.36. The minimum Gasteiger partial charge on any atom is -0.494 e. The van der Waals surface area contributed by atoms with Crippen LogP contribution in [0.25, 0.3) is 0 Å². The molecule has 1 unspecified atom stereocenters. The second-order valence-corrected chi connectivity index (χ2v) is 6.08. The molecular weight excluding hydrogens is 234 g/mol. The number of benzene rings is 1. The van der Waals surface area contributed by atoms with Crippen LogP contribution >= 0.6 is 0 Å². The van der Waals surface area contributed by atoms with Crippen LogP contribution in [-0.4, -0.2) is 12.6 Å². The zero-order valence-corrected chi connectivity index (χ0v) is 12.9. The largest absolute Gasteiger partial charge is 0.494 e. The summed E-state index contributed by atoms with van der Waals surface area (Å²) in [5, 5.41) is 0. The highest BCUT2D eigenvalue weighted by atomic mass is 16.5. The lowest BCUT2D eigenvalue weighted by Gasteiger charge is -2.23. The van der Waals surface area contributed by atoms with Crippen LogP contribution < -0.4 is 10.5 Å². The Morgan fingerprint density at radius 1 is 1.16 bits per heavy atom. The zero-order chi connectivity index (χ0) is 14.3. The van der Waals surface area contributed by atoms with Gasteiger partial charge in [-0.1, -0.05) is 32.9 Å². The van der Waals surface area contributed by atoms with Crippen LogP contribution in [0.5, 0.6) is 5.75 Å². The highest BCUT2D eigenvalue weighted by molar-refractivity contribution is 5.31. The zero-order valence-electron chi connectivity index (χ0n) is 12.9. The smallest absolute Gasteiger partial charge is 0.119 e. The minimum atomic E-state index is 0.246. The van der Waals surface area contributed by atoms with Crippen LogP contribution in [0, 0.1) is 0 Å². The maximum Gasteiger partial charge on any atom is 0.119 e. The second-order valence-electron chi connectivity index (χ2n) is 6.08. The molecule has 0 heterocycles. The number of hydrogen-bond donors (Lipinski definition) is 1. The fourth-order valence-corrected chi connectivity index (χ4v) is 1.96. The molecule has 0 spiro atoms. The highest BCUT2D eigenvalue weighted by Crippen LogP contribution is 2.28. The van der Waals surface area contributed by atoms with Crippen molar-refractivity contribution in [1.29, 1.82) is 0 Å². The topological polar surface area (TPSA) is 35.2 Å². The molecule has 0 bridgehead atoms. The van der Waals surface area contributed by atoms with Gasteiger partial charge in [0.15, 0.2) is 0 Å². The normalized spacial score (nSPS) is 13.3. The van der Waals surface area contributed by atoms with E-state index in [1.807, 2.05) is 0 Å². The molecule has 1 aromatic carbocycles. The molecule has 0 aromatic heterocycles. The van der Waals surface area contributed by atoms with Crippen LogP contribution in [0.2, 0.25) is 0 Å². The molecule has 2 nitrogen and oxygen atoms in total. The number of ether oxygens (including phenoxy) is 1. The van der Waals surface area contributed by atoms with E-state index in [9.17, 15) is 0 Å². The Morgan fingerprint density at radius 2 is 1.79 bits per heavy atom. The summed E-state index contributed by atoms with van der Waals surface area (Å²) in [7, 11) is 0. The second kappa shape index (κ2) is 7.54. The van der Waals surface area contributed by atoms with Gasteiger partial charge in [-0.25, -0.2) is 0 Å². The molecule has 0 fully saturated rings. The molecule has 1 rings (SSSR count). The average Bonchev–Trinajstić information content (AvgIpc) is 2.38.